The number of carbonyl (C=O) groups is 2. The van der Waals surface area contributed by atoms with Crippen molar-refractivity contribution in [3.8, 4) is 5.75 Å². The predicted molar refractivity (Wildman–Crippen MR) is 118 cm³/mol. The van der Waals surface area contributed by atoms with Crippen molar-refractivity contribution in [1.29, 1.82) is 0 Å². The van der Waals surface area contributed by atoms with E-state index in [1.54, 1.807) is 0 Å². The number of benzene rings is 1. The number of aromatic nitrogens is 5. The Morgan fingerprint density at radius 1 is 1.11 bits per heavy atom. The van der Waals surface area contributed by atoms with Crippen LogP contribution in [0.1, 0.15) is 40.3 Å². The van der Waals surface area contributed by atoms with E-state index < -0.39 is 49.0 Å². The minimum Gasteiger partial charge on any atom is -0.406 e. The van der Waals surface area contributed by atoms with Gasteiger partial charge in [0.15, 0.2) is 5.78 Å². The number of alkyl halides is 7. The van der Waals surface area contributed by atoms with Crippen molar-refractivity contribution in [1.82, 2.24) is 25.2 Å². The molecular weight excluding hydrogens is 549 g/mol. The highest BCUT2D eigenvalue weighted by atomic mass is 32.1. The van der Waals surface area contributed by atoms with Crippen LogP contribution in [0.15, 0.2) is 30.5 Å². The molecule has 0 aliphatic heterocycles. The Hall–Kier alpha value is -3.63. The average Bonchev–Trinajstić information content (AvgIpc) is 3.44. The van der Waals surface area contributed by atoms with E-state index in [1.807, 2.05) is 0 Å². The summed E-state index contributed by atoms with van der Waals surface area (Å²) in [6.07, 6.45) is -12.0. The second kappa shape index (κ2) is 12.3. The smallest absolute Gasteiger partial charge is 0.406 e. The summed E-state index contributed by atoms with van der Waals surface area (Å²) in [7, 11) is 0. The highest BCUT2D eigenvalue weighted by Gasteiger charge is 2.31. The Bertz CT molecular complexity index is 1240. The highest BCUT2D eigenvalue weighted by molar-refractivity contribution is 7.15. The fraction of sp³-hybridized carbons (Fsp3) is 0.429. The Balaban J connectivity index is 1.43. The summed E-state index contributed by atoms with van der Waals surface area (Å²) in [6, 6.07) is 4.94. The molecule has 3 rings (SSSR count). The number of nitrogens with zero attached hydrogens (tertiary/aromatic N) is 5. The molecule has 0 spiro atoms. The molecule has 38 heavy (non-hydrogen) atoms. The van der Waals surface area contributed by atoms with Gasteiger partial charge in [-0.25, -0.2) is 9.07 Å². The molecule has 17 heteroatoms. The maximum absolute atomic E-state index is 14.4. The average molecular weight is 568 g/mol. The molecule has 0 aliphatic rings. The standard InChI is InChI=1S/C21H19F7N6O3S/c22-13(10-34-11-15(30-33-34)16(35)6-7-20(23,24)25)4-5-18-31-32-19(38-18)29-17(36)9-12-2-1-3-14(8-12)37-21(26,27)28/h1-3,8,11,13H,4-7,9-10H2,(H,29,32,36). The molecule has 2 aromatic heterocycles. The third-order valence-electron chi connectivity index (χ3n) is 4.73. The summed E-state index contributed by atoms with van der Waals surface area (Å²) in [5.74, 6) is -1.88. The maximum Gasteiger partial charge on any atom is 0.573 e. The number of amides is 1. The maximum atomic E-state index is 14.4. The number of hydrogen-bond acceptors (Lipinski definition) is 8. The Labute approximate surface area is 214 Å². The summed E-state index contributed by atoms with van der Waals surface area (Å²) in [5, 5.41) is 17.6. The van der Waals surface area contributed by atoms with Gasteiger partial charge in [0, 0.05) is 12.8 Å². The van der Waals surface area contributed by atoms with Gasteiger partial charge in [0.05, 0.1) is 25.6 Å². The summed E-state index contributed by atoms with van der Waals surface area (Å²) < 4.78 is 93.0. The Kier molecular flexibility index (Phi) is 9.35. The van der Waals surface area contributed by atoms with E-state index in [2.05, 4.69) is 30.6 Å². The van der Waals surface area contributed by atoms with Crippen molar-refractivity contribution in [3.05, 3.63) is 46.7 Å². The largest absolute Gasteiger partial charge is 0.573 e. The Morgan fingerprint density at radius 3 is 2.58 bits per heavy atom. The van der Waals surface area contributed by atoms with Gasteiger partial charge in [-0.05, 0) is 24.1 Å². The molecule has 9 nitrogen and oxygen atoms in total. The van der Waals surface area contributed by atoms with E-state index in [-0.39, 0.29) is 42.2 Å². The third kappa shape index (κ3) is 10.0. The minimum absolute atomic E-state index is 0.0359. The van der Waals surface area contributed by atoms with Crippen LogP contribution in [0.4, 0.5) is 35.9 Å². The van der Waals surface area contributed by atoms with Gasteiger partial charge in [0.1, 0.15) is 22.6 Å². The number of rotatable bonds is 12. The van der Waals surface area contributed by atoms with Gasteiger partial charge in [-0.15, -0.1) is 28.5 Å². The molecule has 206 valence electrons. The van der Waals surface area contributed by atoms with Crippen LogP contribution in [0.3, 0.4) is 0 Å². The first-order chi connectivity index (χ1) is 17.8. The van der Waals surface area contributed by atoms with Gasteiger partial charge in [-0.2, -0.15) is 13.2 Å². The number of aryl methyl sites for hydroxylation is 1. The fourth-order valence-corrected chi connectivity index (χ4v) is 3.85. The van der Waals surface area contributed by atoms with Crippen LogP contribution in [-0.2, 0) is 24.2 Å². The predicted octanol–water partition coefficient (Wildman–Crippen LogP) is 4.71. The molecule has 0 saturated carbocycles. The molecule has 0 aliphatic carbocycles. The number of ketones is 1. The topological polar surface area (TPSA) is 112 Å². The van der Waals surface area contributed by atoms with Crippen LogP contribution in [0, 0.1) is 0 Å². The normalized spacial score (nSPS) is 12.8. The van der Waals surface area contributed by atoms with Gasteiger partial charge in [-0.3, -0.25) is 9.59 Å². The van der Waals surface area contributed by atoms with E-state index in [0.29, 0.717) is 5.01 Å². The van der Waals surface area contributed by atoms with Gasteiger partial charge >= 0.3 is 12.5 Å². The van der Waals surface area contributed by atoms with Crippen LogP contribution in [-0.4, -0.2) is 55.6 Å². The lowest BCUT2D eigenvalue weighted by atomic mass is 10.1. The van der Waals surface area contributed by atoms with Gasteiger partial charge in [0.2, 0.25) is 11.0 Å². The van der Waals surface area contributed by atoms with Crippen molar-refractivity contribution in [2.75, 3.05) is 5.32 Å². The second-order valence-electron chi connectivity index (χ2n) is 7.92. The molecule has 3 aromatic rings. The highest BCUT2D eigenvalue weighted by Crippen LogP contribution is 2.24. The molecule has 0 saturated heterocycles. The van der Waals surface area contributed by atoms with E-state index >= 15 is 0 Å². The van der Waals surface area contributed by atoms with E-state index in [4.69, 9.17) is 0 Å². The summed E-state index contributed by atoms with van der Waals surface area (Å²) in [4.78, 5) is 24.0. The van der Waals surface area contributed by atoms with Crippen molar-refractivity contribution in [2.24, 2.45) is 0 Å². The lowest BCUT2D eigenvalue weighted by molar-refractivity contribution is -0.274. The van der Waals surface area contributed by atoms with Crippen molar-refractivity contribution in [3.63, 3.8) is 0 Å². The first-order valence-electron chi connectivity index (χ1n) is 10.9. The lowest BCUT2D eigenvalue weighted by Gasteiger charge is -2.09. The molecular formula is C21H19F7N6O3S. The molecule has 1 N–H and O–H groups in total. The molecule has 2 heterocycles. The fourth-order valence-electron chi connectivity index (χ4n) is 3.08. The molecule has 0 fully saturated rings. The van der Waals surface area contributed by atoms with Crippen molar-refractivity contribution >= 4 is 28.2 Å². The van der Waals surface area contributed by atoms with Crippen molar-refractivity contribution in [2.45, 2.75) is 57.4 Å². The summed E-state index contributed by atoms with van der Waals surface area (Å²) >= 11 is 0.981. The van der Waals surface area contributed by atoms with Crippen LogP contribution < -0.4 is 10.1 Å². The molecule has 1 unspecified atom stereocenters. The number of halogens is 7. The number of hydrogen-bond donors (Lipinski definition) is 1. The molecule has 1 amide bonds. The third-order valence-corrected chi connectivity index (χ3v) is 5.62. The van der Waals surface area contributed by atoms with Crippen LogP contribution >= 0.6 is 11.3 Å². The second-order valence-corrected chi connectivity index (χ2v) is 8.98. The van der Waals surface area contributed by atoms with Crippen molar-refractivity contribution < 1.29 is 45.1 Å². The van der Waals surface area contributed by atoms with E-state index in [1.165, 1.54) is 12.1 Å². The first-order valence-corrected chi connectivity index (χ1v) is 11.7. The van der Waals surface area contributed by atoms with E-state index in [0.717, 1.165) is 34.3 Å². The molecule has 1 atom stereocenters. The van der Waals surface area contributed by atoms with Gasteiger partial charge in [0.25, 0.3) is 0 Å². The Morgan fingerprint density at radius 2 is 1.87 bits per heavy atom. The molecule has 1 aromatic carbocycles. The number of carbonyl (C=O) groups excluding carboxylic acids is 2. The SMILES string of the molecule is O=C(Cc1cccc(OC(F)(F)F)c1)Nc1nnc(CCC(F)Cn2cc(C(=O)CCC(F)(F)F)nn2)s1. The number of ether oxygens (including phenoxy) is 1. The minimum atomic E-state index is -4.86. The summed E-state index contributed by atoms with van der Waals surface area (Å²) in [5.41, 5.74) is -0.0156. The lowest BCUT2D eigenvalue weighted by Crippen LogP contribution is -2.17. The zero-order valence-electron chi connectivity index (χ0n) is 19.2. The van der Waals surface area contributed by atoms with Crippen LogP contribution in [0.5, 0.6) is 5.75 Å². The first kappa shape index (κ1) is 28.9. The number of anilines is 1. The van der Waals surface area contributed by atoms with Gasteiger partial charge in [-0.1, -0.05) is 28.7 Å². The monoisotopic (exact) mass is 568 g/mol. The number of Topliss-reactive ketones (excluding diaryl/α,β-unsaturated/α-hetero) is 1. The zero-order chi connectivity index (χ0) is 27.9. The molecule has 0 bridgehead atoms. The van der Waals surface area contributed by atoms with Crippen LogP contribution in [0.25, 0.3) is 0 Å². The zero-order valence-corrected chi connectivity index (χ0v) is 20.0. The molecule has 0 radical (unpaired) electrons. The van der Waals surface area contributed by atoms with Gasteiger partial charge < -0.3 is 10.1 Å². The van der Waals surface area contributed by atoms with Crippen LogP contribution in [0.2, 0.25) is 0 Å². The quantitative estimate of drug-likeness (QED) is 0.249. The van der Waals surface area contributed by atoms with E-state index in [9.17, 15) is 40.3 Å². The number of nitrogens with one attached hydrogen (secondary N) is 1. The summed E-state index contributed by atoms with van der Waals surface area (Å²) in [6.45, 7) is -0.293.